The third-order valence-electron chi connectivity index (χ3n) is 7.64. The van der Waals surface area contributed by atoms with Gasteiger partial charge in [0.1, 0.15) is 23.4 Å². The lowest BCUT2D eigenvalue weighted by Crippen LogP contribution is -2.70. The van der Waals surface area contributed by atoms with Gasteiger partial charge in [0.25, 0.3) is 11.8 Å². The average molecular weight is 645 g/mol. The van der Waals surface area contributed by atoms with Crippen LogP contribution in [0.2, 0.25) is 0 Å². The predicted octanol–water partition coefficient (Wildman–Crippen LogP) is 2.59. The molecule has 1 aromatic carbocycles. The number of carbonyl (C=O) groups excluding carboxylic acids is 3. The van der Waals surface area contributed by atoms with E-state index in [1.165, 1.54) is 17.0 Å². The minimum absolute atomic E-state index is 0.0347. The van der Waals surface area contributed by atoms with Gasteiger partial charge in [0, 0.05) is 38.0 Å². The zero-order valence-corrected chi connectivity index (χ0v) is 25.3. The summed E-state index contributed by atoms with van der Waals surface area (Å²) in [7, 11) is -2.89. The smallest absolute Gasteiger partial charge is 0.507 e. The number of benzene rings is 1. The molecule has 2 fully saturated rings. The van der Waals surface area contributed by atoms with E-state index in [-0.39, 0.29) is 24.4 Å². The molecule has 1 saturated carbocycles. The van der Waals surface area contributed by atoms with Crippen LogP contribution >= 0.6 is 7.60 Å². The zero-order chi connectivity index (χ0) is 32.4. The van der Waals surface area contributed by atoms with Crippen molar-refractivity contribution in [3.05, 3.63) is 58.6 Å². The number of nitrogens with zero attached hydrogens (tertiary/aromatic N) is 3. The number of amides is 2. The Labute approximate surface area is 251 Å². The molecule has 242 valence electrons. The maximum absolute atomic E-state index is 14.1. The van der Waals surface area contributed by atoms with Crippen molar-refractivity contribution in [3.63, 3.8) is 0 Å². The molecule has 4 N–H and O–H groups in total. The van der Waals surface area contributed by atoms with Crippen LogP contribution in [0.15, 0.2) is 41.4 Å². The number of aliphatic hydroxyl groups excluding tert-OH is 2. The van der Waals surface area contributed by atoms with Crippen LogP contribution < -0.4 is 5.32 Å². The highest BCUT2D eigenvalue weighted by Crippen LogP contribution is 2.48. The van der Waals surface area contributed by atoms with E-state index in [1.54, 1.807) is 18.9 Å². The first-order valence-electron chi connectivity index (χ1n) is 13.9. The lowest BCUT2D eigenvalue weighted by Gasteiger charge is -2.56. The van der Waals surface area contributed by atoms with E-state index in [0.29, 0.717) is 31.7 Å². The first-order chi connectivity index (χ1) is 20.7. The van der Waals surface area contributed by atoms with E-state index in [4.69, 9.17) is 9.26 Å². The van der Waals surface area contributed by atoms with Gasteiger partial charge in [-0.15, -0.1) is 0 Å². The number of halogens is 2. The van der Waals surface area contributed by atoms with Crippen molar-refractivity contribution >= 4 is 25.6 Å². The Morgan fingerprint density at radius 3 is 2.55 bits per heavy atom. The van der Waals surface area contributed by atoms with Crippen LogP contribution in [0.1, 0.15) is 45.1 Å². The summed E-state index contributed by atoms with van der Waals surface area (Å²) >= 11 is 0. The number of hydrogen-bond acceptors (Lipinski definition) is 11. The molecule has 1 spiro atoms. The monoisotopic (exact) mass is 644 g/mol. The van der Waals surface area contributed by atoms with Crippen molar-refractivity contribution in [2.75, 3.05) is 26.5 Å². The molecule has 1 aromatic rings. The Bertz CT molecular complexity index is 1410. The van der Waals surface area contributed by atoms with E-state index in [1.807, 2.05) is 0 Å². The van der Waals surface area contributed by atoms with Crippen molar-refractivity contribution in [2.24, 2.45) is 0 Å². The van der Waals surface area contributed by atoms with E-state index in [9.17, 15) is 42.8 Å². The second kappa shape index (κ2) is 13.2. The summed E-state index contributed by atoms with van der Waals surface area (Å²) in [6, 6.07) is 2.81. The van der Waals surface area contributed by atoms with Gasteiger partial charge >= 0.3 is 13.8 Å². The van der Waals surface area contributed by atoms with Crippen molar-refractivity contribution in [3.8, 4) is 0 Å². The molecule has 0 bridgehead atoms. The number of fused-ring (bicyclic) bond motifs is 1. The summed E-state index contributed by atoms with van der Waals surface area (Å²) in [6.45, 7) is 1.71. The molecule has 14 nitrogen and oxygen atoms in total. The van der Waals surface area contributed by atoms with Crippen LogP contribution in [-0.2, 0) is 34.7 Å². The normalized spacial score (nSPS) is 21.3. The topological polar surface area (TPSA) is 178 Å². The average Bonchev–Trinajstić information content (AvgIpc) is 3.43. The zero-order valence-electron chi connectivity index (χ0n) is 24.4. The molecule has 1 aliphatic carbocycles. The number of ether oxygens (including phenoxy) is 2. The van der Waals surface area contributed by atoms with Gasteiger partial charge in [0.15, 0.2) is 11.5 Å². The number of nitrogens with one attached hydrogen (secondary N) is 1. The number of rotatable bonds is 10. The van der Waals surface area contributed by atoms with Crippen molar-refractivity contribution in [1.29, 1.82) is 0 Å². The Morgan fingerprint density at radius 2 is 1.91 bits per heavy atom. The van der Waals surface area contributed by atoms with Gasteiger partial charge in [-0.05, 0) is 45.6 Å². The number of carbonyl (C=O) groups is 3. The summed E-state index contributed by atoms with van der Waals surface area (Å²) in [5.74, 6) is -4.10. The maximum atomic E-state index is 14.1. The van der Waals surface area contributed by atoms with Gasteiger partial charge in [-0.2, -0.15) is 5.01 Å². The number of likely N-dealkylation sites (N-methyl/N-ethyl adjacent to an activating group) is 1. The summed E-state index contributed by atoms with van der Waals surface area (Å²) < 4.78 is 54.6. The summed E-state index contributed by atoms with van der Waals surface area (Å²) in [6.07, 6.45) is -0.576. The predicted molar refractivity (Wildman–Crippen MR) is 148 cm³/mol. The van der Waals surface area contributed by atoms with Crippen LogP contribution in [-0.4, -0.2) is 92.4 Å². The highest BCUT2D eigenvalue weighted by Gasteiger charge is 2.55. The van der Waals surface area contributed by atoms with Crippen molar-refractivity contribution in [1.82, 2.24) is 20.2 Å². The Hall–Kier alpha value is -3.56. The molecule has 3 aliphatic rings. The highest BCUT2D eigenvalue weighted by molar-refractivity contribution is 7.52. The molecule has 2 heterocycles. The molecule has 2 atom stereocenters. The summed E-state index contributed by atoms with van der Waals surface area (Å²) in [5.41, 5.74) is -1.82. The Balaban J connectivity index is 1.58. The molecule has 2 aliphatic heterocycles. The van der Waals surface area contributed by atoms with Gasteiger partial charge in [0.2, 0.25) is 6.79 Å². The minimum Gasteiger partial charge on any atom is -0.507 e. The van der Waals surface area contributed by atoms with Crippen molar-refractivity contribution in [2.45, 2.75) is 63.9 Å². The first-order valence-corrected chi connectivity index (χ1v) is 15.6. The molecule has 2 unspecified atom stereocenters. The number of hydrazine groups is 1. The molecule has 1 saturated heterocycles. The van der Waals surface area contributed by atoms with E-state index in [2.05, 4.69) is 10.1 Å². The summed E-state index contributed by atoms with van der Waals surface area (Å²) in [5, 5.41) is 26.9. The molecule has 0 aromatic heterocycles. The quantitative estimate of drug-likeness (QED) is 0.167. The van der Waals surface area contributed by atoms with E-state index >= 15 is 0 Å². The third-order valence-corrected chi connectivity index (χ3v) is 8.91. The highest BCUT2D eigenvalue weighted by atomic mass is 31.2. The van der Waals surface area contributed by atoms with Gasteiger partial charge < -0.3 is 34.8 Å². The van der Waals surface area contributed by atoms with Crippen LogP contribution in [0, 0.1) is 11.6 Å². The van der Waals surface area contributed by atoms with Crippen molar-refractivity contribution < 1.29 is 56.8 Å². The molecule has 2 amide bonds. The fraction of sp³-hybridized carbons (Fsp3) is 0.519. The Kier molecular flexibility index (Phi) is 10.0. The second-order valence-corrected chi connectivity index (χ2v) is 12.8. The van der Waals surface area contributed by atoms with Crippen LogP contribution in [0.4, 0.5) is 13.6 Å². The standard InChI is InChI=1S/C27H35F2N4O10P/c1-16(2)43-26(38)41-15-42-44(39,40)11-10-33-27(8-4-5-9-27)31(3)25(37)21-23(35)22(34)19(14-32(21)33)24(36)30-13-17-6-7-18(28)12-20(17)29/h6-7,12,14,16,22,34-35H,4-5,8-11,13,15H2,1-3H3,(H,30,36)(H,39,40). The Morgan fingerprint density at radius 1 is 1.23 bits per heavy atom. The number of aliphatic hydroxyl groups is 2. The minimum atomic E-state index is -4.40. The van der Waals surface area contributed by atoms with Gasteiger partial charge in [-0.25, -0.2) is 13.6 Å². The third kappa shape index (κ3) is 6.89. The van der Waals surface area contributed by atoms with Crippen LogP contribution in [0.5, 0.6) is 0 Å². The fourth-order valence-corrected chi connectivity index (χ4v) is 6.21. The van der Waals surface area contributed by atoms with E-state index < -0.39 is 79.4 Å². The maximum Gasteiger partial charge on any atom is 0.510 e. The lowest BCUT2D eigenvalue weighted by atomic mass is 9.97. The molecule has 0 radical (unpaired) electrons. The number of hydrogen-bond donors (Lipinski definition) is 4. The molecule has 4 rings (SSSR count). The second-order valence-electron chi connectivity index (χ2n) is 10.8. The SMILES string of the molecule is CC(C)OC(=O)OCOP(=O)(O)CCN1N2C=C(C(=O)NCc3ccc(F)cc3F)C(O)C(O)=C2C(=O)N(C)C12CCCC2. The largest absolute Gasteiger partial charge is 0.510 e. The summed E-state index contributed by atoms with van der Waals surface area (Å²) in [4.78, 5) is 50.1. The molecule has 44 heavy (non-hydrogen) atoms. The molecular formula is C27H35F2N4O10P. The van der Waals surface area contributed by atoms with Gasteiger partial charge in [0.05, 0.1) is 17.8 Å². The van der Waals surface area contributed by atoms with Crippen LogP contribution in [0.3, 0.4) is 0 Å². The van der Waals surface area contributed by atoms with Crippen LogP contribution in [0.25, 0.3) is 0 Å². The lowest BCUT2D eigenvalue weighted by molar-refractivity contribution is -0.184. The fourth-order valence-electron chi connectivity index (χ4n) is 5.43. The van der Waals surface area contributed by atoms with E-state index in [0.717, 1.165) is 18.3 Å². The molecular weight excluding hydrogens is 609 g/mol. The first kappa shape index (κ1) is 33.3. The molecule has 17 heteroatoms. The van der Waals surface area contributed by atoms with Gasteiger partial charge in [-0.3, -0.25) is 23.7 Å². The van der Waals surface area contributed by atoms with Gasteiger partial charge in [-0.1, -0.05) is 6.07 Å².